The van der Waals surface area contributed by atoms with Crippen LogP contribution in [0.5, 0.6) is 0 Å². The molecule has 2 rings (SSSR count). The Labute approximate surface area is 96.5 Å². The first kappa shape index (κ1) is 11.6. The third-order valence-corrected chi connectivity index (χ3v) is 3.59. The van der Waals surface area contributed by atoms with Gasteiger partial charge in [0.1, 0.15) is 5.82 Å². The van der Waals surface area contributed by atoms with E-state index in [9.17, 15) is 5.11 Å². The average molecular weight is 223 g/mol. The van der Waals surface area contributed by atoms with Crippen molar-refractivity contribution in [3.8, 4) is 0 Å². The van der Waals surface area contributed by atoms with Crippen LogP contribution >= 0.6 is 0 Å². The van der Waals surface area contributed by atoms with Gasteiger partial charge in [-0.2, -0.15) is 0 Å². The molecule has 1 aromatic rings. The molecule has 2 atom stereocenters. The molecule has 3 N–H and O–H groups in total. The molecule has 16 heavy (non-hydrogen) atoms. The molecule has 0 aliphatic heterocycles. The fourth-order valence-electron chi connectivity index (χ4n) is 2.59. The Morgan fingerprint density at radius 3 is 3.12 bits per heavy atom. The third-order valence-electron chi connectivity index (χ3n) is 3.59. The number of aliphatic hydroxyl groups is 1. The molecule has 1 aromatic heterocycles. The van der Waals surface area contributed by atoms with Gasteiger partial charge in [-0.05, 0) is 32.1 Å². The number of aromatic nitrogens is 2. The minimum atomic E-state index is -0.566. The van der Waals surface area contributed by atoms with Crippen LogP contribution in [0.2, 0.25) is 0 Å². The summed E-state index contributed by atoms with van der Waals surface area (Å²) >= 11 is 0. The lowest BCUT2D eigenvalue weighted by Crippen LogP contribution is -2.41. The van der Waals surface area contributed by atoms with Gasteiger partial charge in [0, 0.05) is 31.9 Å². The van der Waals surface area contributed by atoms with Gasteiger partial charge in [0.15, 0.2) is 0 Å². The Hall–Kier alpha value is -0.870. The summed E-state index contributed by atoms with van der Waals surface area (Å²) in [5, 5.41) is 10.4. The summed E-state index contributed by atoms with van der Waals surface area (Å²) in [4.78, 5) is 4.27. The highest BCUT2D eigenvalue weighted by atomic mass is 16.3. The standard InChI is InChI=1S/C12H21N3O/c1-15-8-7-14-11(15)4-6-12(16)5-2-3-10(13)9-12/h7-8,10,16H,2-6,9,13H2,1H3. The Morgan fingerprint density at radius 2 is 2.50 bits per heavy atom. The average Bonchev–Trinajstić information content (AvgIpc) is 2.61. The number of nitrogens with zero attached hydrogens (tertiary/aromatic N) is 2. The van der Waals surface area contributed by atoms with Gasteiger partial charge in [-0.15, -0.1) is 0 Å². The quantitative estimate of drug-likeness (QED) is 0.803. The van der Waals surface area contributed by atoms with Crippen LogP contribution in [0.3, 0.4) is 0 Å². The molecule has 0 radical (unpaired) electrons. The number of rotatable bonds is 3. The van der Waals surface area contributed by atoms with Gasteiger partial charge in [0.25, 0.3) is 0 Å². The first-order chi connectivity index (χ1) is 7.59. The van der Waals surface area contributed by atoms with Crippen LogP contribution in [0.1, 0.15) is 37.9 Å². The largest absolute Gasteiger partial charge is 0.390 e. The predicted octanol–water partition coefficient (Wildman–Crippen LogP) is 0.985. The fourth-order valence-corrected chi connectivity index (χ4v) is 2.59. The molecule has 4 heteroatoms. The second-order valence-electron chi connectivity index (χ2n) is 5.04. The van der Waals surface area contributed by atoms with Crippen molar-refractivity contribution in [3.63, 3.8) is 0 Å². The summed E-state index contributed by atoms with van der Waals surface area (Å²) in [6.07, 6.45) is 9.03. The summed E-state index contributed by atoms with van der Waals surface area (Å²) in [7, 11) is 1.99. The first-order valence-electron chi connectivity index (χ1n) is 6.03. The summed E-state index contributed by atoms with van der Waals surface area (Å²) < 4.78 is 2.01. The predicted molar refractivity (Wildman–Crippen MR) is 62.9 cm³/mol. The van der Waals surface area contributed by atoms with Crippen LogP contribution in [0, 0.1) is 0 Å². The van der Waals surface area contributed by atoms with Gasteiger partial charge in [0.2, 0.25) is 0 Å². The van der Waals surface area contributed by atoms with E-state index >= 15 is 0 Å². The van der Waals surface area contributed by atoms with Gasteiger partial charge in [-0.3, -0.25) is 0 Å². The normalized spacial score (nSPS) is 30.6. The minimum absolute atomic E-state index is 0.167. The molecule has 0 saturated heterocycles. The number of aryl methyl sites for hydroxylation is 2. The van der Waals surface area contributed by atoms with Crippen molar-refractivity contribution in [1.29, 1.82) is 0 Å². The second kappa shape index (κ2) is 4.55. The van der Waals surface area contributed by atoms with Crippen LogP contribution in [0.25, 0.3) is 0 Å². The Balaban J connectivity index is 1.91. The summed E-state index contributed by atoms with van der Waals surface area (Å²) in [5.74, 6) is 1.03. The molecular formula is C12H21N3O. The fraction of sp³-hybridized carbons (Fsp3) is 0.750. The molecule has 0 amide bonds. The molecule has 1 heterocycles. The SMILES string of the molecule is Cn1ccnc1CCC1(O)CCCC(N)C1. The topological polar surface area (TPSA) is 64.1 Å². The molecule has 1 saturated carbocycles. The summed E-state index contributed by atoms with van der Waals surface area (Å²) in [5.41, 5.74) is 5.34. The van der Waals surface area contributed by atoms with Gasteiger partial charge >= 0.3 is 0 Å². The van der Waals surface area contributed by atoms with Gasteiger partial charge in [-0.1, -0.05) is 0 Å². The van der Waals surface area contributed by atoms with Crippen LogP contribution in [-0.4, -0.2) is 26.3 Å². The summed E-state index contributed by atoms with van der Waals surface area (Å²) in [6, 6.07) is 0.167. The highest BCUT2D eigenvalue weighted by molar-refractivity contribution is 4.95. The monoisotopic (exact) mass is 223 g/mol. The molecule has 0 aromatic carbocycles. The van der Waals surface area contributed by atoms with E-state index in [1.165, 1.54) is 0 Å². The summed E-state index contributed by atoms with van der Waals surface area (Å²) in [6.45, 7) is 0. The van der Waals surface area contributed by atoms with E-state index < -0.39 is 5.60 Å². The number of nitrogens with two attached hydrogens (primary N) is 1. The van der Waals surface area contributed by atoms with E-state index in [4.69, 9.17) is 5.73 Å². The Bertz CT molecular complexity index is 350. The van der Waals surface area contributed by atoms with Crippen LogP contribution in [-0.2, 0) is 13.5 Å². The molecule has 2 unspecified atom stereocenters. The molecule has 1 aliphatic carbocycles. The van der Waals surface area contributed by atoms with Crippen molar-refractivity contribution in [2.24, 2.45) is 12.8 Å². The zero-order chi connectivity index (χ0) is 11.6. The van der Waals surface area contributed by atoms with Crippen molar-refractivity contribution in [2.75, 3.05) is 0 Å². The zero-order valence-corrected chi connectivity index (χ0v) is 9.89. The first-order valence-corrected chi connectivity index (χ1v) is 6.03. The second-order valence-corrected chi connectivity index (χ2v) is 5.04. The lowest BCUT2D eigenvalue weighted by atomic mass is 9.79. The van der Waals surface area contributed by atoms with Crippen molar-refractivity contribution >= 4 is 0 Å². The Kier molecular flexibility index (Phi) is 3.30. The van der Waals surface area contributed by atoms with E-state index in [-0.39, 0.29) is 6.04 Å². The van der Waals surface area contributed by atoms with E-state index in [1.807, 2.05) is 17.8 Å². The maximum Gasteiger partial charge on any atom is 0.108 e. The molecular weight excluding hydrogens is 202 g/mol. The smallest absolute Gasteiger partial charge is 0.108 e. The third kappa shape index (κ3) is 2.62. The van der Waals surface area contributed by atoms with Gasteiger partial charge < -0.3 is 15.4 Å². The number of hydrogen-bond acceptors (Lipinski definition) is 3. The Morgan fingerprint density at radius 1 is 1.69 bits per heavy atom. The van der Waals surface area contributed by atoms with Crippen molar-refractivity contribution in [1.82, 2.24) is 9.55 Å². The van der Waals surface area contributed by atoms with Crippen LogP contribution in [0.4, 0.5) is 0 Å². The minimum Gasteiger partial charge on any atom is -0.390 e. The zero-order valence-electron chi connectivity index (χ0n) is 9.89. The van der Waals surface area contributed by atoms with Crippen LogP contribution in [0.15, 0.2) is 12.4 Å². The highest BCUT2D eigenvalue weighted by Crippen LogP contribution is 2.31. The number of hydrogen-bond donors (Lipinski definition) is 2. The molecule has 90 valence electrons. The molecule has 0 spiro atoms. The van der Waals surface area contributed by atoms with Crippen molar-refractivity contribution in [2.45, 2.75) is 50.2 Å². The van der Waals surface area contributed by atoms with Crippen LogP contribution < -0.4 is 5.73 Å². The van der Waals surface area contributed by atoms with E-state index in [0.29, 0.717) is 0 Å². The number of imidazole rings is 1. The van der Waals surface area contributed by atoms with E-state index in [0.717, 1.165) is 44.3 Å². The molecule has 0 bridgehead atoms. The molecule has 4 nitrogen and oxygen atoms in total. The maximum absolute atomic E-state index is 10.4. The van der Waals surface area contributed by atoms with E-state index in [1.54, 1.807) is 6.20 Å². The van der Waals surface area contributed by atoms with Gasteiger partial charge in [-0.25, -0.2) is 4.98 Å². The van der Waals surface area contributed by atoms with Crippen molar-refractivity contribution in [3.05, 3.63) is 18.2 Å². The van der Waals surface area contributed by atoms with Crippen molar-refractivity contribution < 1.29 is 5.11 Å². The molecule has 1 aliphatic rings. The lowest BCUT2D eigenvalue weighted by molar-refractivity contribution is -0.0101. The maximum atomic E-state index is 10.4. The molecule has 1 fully saturated rings. The lowest BCUT2D eigenvalue weighted by Gasteiger charge is -2.35. The highest BCUT2D eigenvalue weighted by Gasteiger charge is 2.32. The van der Waals surface area contributed by atoms with Gasteiger partial charge in [0.05, 0.1) is 5.60 Å². The van der Waals surface area contributed by atoms with E-state index in [2.05, 4.69) is 4.98 Å².